The number of hydrogen-bond acceptors (Lipinski definition) is 7. The quantitative estimate of drug-likeness (QED) is 0.142. The van der Waals surface area contributed by atoms with Gasteiger partial charge in [0.1, 0.15) is 23.6 Å². The zero-order valence-corrected chi connectivity index (χ0v) is 19.9. The standard InChI is InChI=1S/C29H28O7/c1-2-27(34)26(19-25(33)17-16-24(32)15-14-23(31)9-6-18-30)29(36)22-12-10-21(11-13-22)28(35)20-7-4-3-5-8-20/h2-5,7-8,10-13,18,26H,1,6,9,14-17,19H2. The normalized spacial score (nSPS) is 11.2. The Bertz CT molecular complexity index is 1140. The van der Waals surface area contributed by atoms with Crippen molar-refractivity contribution in [1.82, 2.24) is 0 Å². The van der Waals surface area contributed by atoms with Crippen LogP contribution in [0.25, 0.3) is 0 Å². The second-order valence-corrected chi connectivity index (χ2v) is 8.32. The summed E-state index contributed by atoms with van der Waals surface area (Å²) in [6.07, 6.45) is 1.19. The largest absolute Gasteiger partial charge is 0.303 e. The highest BCUT2D eigenvalue weighted by Gasteiger charge is 2.28. The molecule has 0 N–H and O–H groups in total. The predicted octanol–water partition coefficient (Wildman–Crippen LogP) is 4.11. The Balaban J connectivity index is 1.97. The maximum absolute atomic E-state index is 13.0. The van der Waals surface area contributed by atoms with Gasteiger partial charge in [0.15, 0.2) is 17.3 Å². The van der Waals surface area contributed by atoms with Crippen LogP contribution < -0.4 is 0 Å². The van der Waals surface area contributed by atoms with Gasteiger partial charge in [-0.2, -0.15) is 0 Å². The fraction of sp³-hybridized carbons (Fsp3) is 0.276. The summed E-state index contributed by atoms with van der Waals surface area (Å²) in [5.74, 6) is -3.56. The fourth-order valence-electron chi connectivity index (χ4n) is 3.57. The Morgan fingerprint density at radius 2 is 1.17 bits per heavy atom. The van der Waals surface area contributed by atoms with Crippen molar-refractivity contribution in [3.05, 3.63) is 83.9 Å². The molecule has 36 heavy (non-hydrogen) atoms. The zero-order chi connectivity index (χ0) is 26.5. The number of Topliss-reactive ketones (excluding diaryl/α,β-unsaturated/α-hetero) is 4. The summed E-state index contributed by atoms with van der Waals surface area (Å²) in [6, 6.07) is 14.5. The first kappa shape index (κ1) is 28.1. The molecule has 0 saturated carbocycles. The van der Waals surface area contributed by atoms with Crippen molar-refractivity contribution >= 4 is 41.0 Å². The molecule has 186 valence electrons. The van der Waals surface area contributed by atoms with E-state index >= 15 is 0 Å². The topological polar surface area (TPSA) is 119 Å². The average Bonchev–Trinajstić information content (AvgIpc) is 2.91. The van der Waals surface area contributed by atoms with Crippen LogP contribution in [-0.4, -0.2) is 41.0 Å². The van der Waals surface area contributed by atoms with E-state index in [0.29, 0.717) is 17.4 Å². The lowest BCUT2D eigenvalue weighted by Gasteiger charge is -2.13. The number of carbonyl (C=O) groups excluding carboxylic acids is 7. The average molecular weight is 489 g/mol. The van der Waals surface area contributed by atoms with Gasteiger partial charge in [0, 0.05) is 61.6 Å². The van der Waals surface area contributed by atoms with Crippen molar-refractivity contribution in [2.45, 2.75) is 44.9 Å². The molecule has 0 amide bonds. The number of allylic oxidation sites excluding steroid dienone is 1. The SMILES string of the molecule is C=CC(=O)C(CC(=O)CCC(=O)CCC(=O)CCC=O)C(=O)c1ccc(C(=O)c2ccccc2)cc1. The smallest absolute Gasteiger partial charge is 0.193 e. The molecule has 7 heteroatoms. The molecule has 2 aromatic carbocycles. The third-order valence-corrected chi connectivity index (χ3v) is 5.67. The fourth-order valence-corrected chi connectivity index (χ4v) is 3.57. The van der Waals surface area contributed by atoms with Crippen LogP contribution in [0, 0.1) is 5.92 Å². The number of hydrogen-bond donors (Lipinski definition) is 0. The van der Waals surface area contributed by atoms with E-state index in [9.17, 15) is 33.6 Å². The molecule has 0 saturated heterocycles. The molecule has 0 bridgehead atoms. The third kappa shape index (κ3) is 8.58. The lowest BCUT2D eigenvalue weighted by atomic mass is 9.87. The molecule has 0 heterocycles. The molecule has 0 aliphatic rings. The monoisotopic (exact) mass is 488 g/mol. The van der Waals surface area contributed by atoms with Gasteiger partial charge in [-0.05, 0) is 6.08 Å². The molecular formula is C29H28O7. The van der Waals surface area contributed by atoms with Gasteiger partial charge < -0.3 is 4.79 Å². The number of aldehydes is 1. The van der Waals surface area contributed by atoms with Gasteiger partial charge in [-0.3, -0.25) is 28.8 Å². The van der Waals surface area contributed by atoms with Crippen LogP contribution >= 0.6 is 0 Å². The van der Waals surface area contributed by atoms with Crippen LogP contribution in [0.3, 0.4) is 0 Å². The molecule has 0 aliphatic carbocycles. The molecular weight excluding hydrogens is 460 g/mol. The van der Waals surface area contributed by atoms with Gasteiger partial charge in [0.2, 0.25) is 0 Å². The van der Waals surface area contributed by atoms with Crippen molar-refractivity contribution in [3.63, 3.8) is 0 Å². The van der Waals surface area contributed by atoms with Gasteiger partial charge in [0.05, 0.1) is 5.92 Å². The summed E-state index contributed by atoms with van der Waals surface area (Å²) in [5.41, 5.74) is 1.06. The van der Waals surface area contributed by atoms with Crippen molar-refractivity contribution in [2.24, 2.45) is 5.92 Å². The Morgan fingerprint density at radius 1 is 0.667 bits per heavy atom. The van der Waals surface area contributed by atoms with Crippen LogP contribution in [0.2, 0.25) is 0 Å². The molecule has 0 radical (unpaired) electrons. The summed E-state index contributed by atoms with van der Waals surface area (Å²) in [6.45, 7) is 3.41. The minimum atomic E-state index is -1.27. The highest BCUT2D eigenvalue weighted by molar-refractivity contribution is 6.16. The lowest BCUT2D eigenvalue weighted by molar-refractivity contribution is -0.127. The van der Waals surface area contributed by atoms with Gasteiger partial charge in [-0.1, -0.05) is 61.2 Å². The van der Waals surface area contributed by atoms with E-state index in [-0.39, 0.29) is 67.9 Å². The second-order valence-electron chi connectivity index (χ2n) is 8.32. The van der Waals surface area contributed by atoms with Crippen molar-refractivity contribution in [3.8, 4) is 0 Å². The molecule has 0 spiro atoms. The van der Waals surface area contributed by atoms with Crippen LogP contribution in [0.4, 0.5) is 0 Å². The van der Waals surface area contributed by atoms with Crippen molar-refractivity contribution in [2.75, 3.05) is 0 Å². The van der Waals surface area contributed by atoms with E-state index in [2.05, 4.69) is 6.58 Å². The van der Waals surface area contributed by atoms with Crippen LogP contribution in [0.15, 0.2) is 67.3 Å². The Kier molecular flexibility index (Phi) is 11.2. The molecule has 2 rings (SSSR count). The number of rotatable bonds is 17. The van der Waals surface area contributed by atoms with Crippen LogP contribution in [0.5, 0.6) is 0 Å². The molecule has 1 atom stereocenters. The summed E-state index contributed by atoms with van der Waals surface area (Å²) in [7, 11) is 0. The minimum Gasteiger partial charge on any atom is -0.303 e. The molecule has 7 nitrogen and oxygen atoms in total. The van der Waals surface area contributed by atoms with E-state index in [0.717, 1.165) is 6.08 Å². The third-order valence-electron chi connectivity index (χ3n) is 5.67. The maximum Gasteiger partial charge on any atom is 0.193 e. The van der Waals surface area contributed by atoms with Crippen molar-refractivity contribution < 1.29 is 33.6 Å². The molecule has 1 unspecified atom stereocenters. The van der Waals surface area contributed by atoms with Gasteiger partial charge in [-0.15, -0.1) is 0 Å². The maximum atomic E-state index is 13.0. The molecule has 0 aromatic heterocycles. The Labute approximate surface area is 209 Å². The first-order chi connectivity index (χ1) is 17.3. The van der Waals surface area contributed by atoms with Gasteiger partial charge >= 0.3 is 0 Å². The van der Waals surface area contributed by atoms with E-state index in [1.165, 1.54) is 24.3 Å². The van der Waals surface area contributed by atoms with Crippen molar-refractivity contribution in [1.29, 1.82) is 0 Å². The van der Waals surface area contributed by atoms with Gasteiger partial charge in [0.25, 0.3) is 0 Å². The first-order valence-electron chi connectivity index (χ1n) is 11.7. The molecule has 0 fully saturated rings. The van der Waals surface area contributed by atoms with Crippen LogP contribution in [0.1, 0.15) is 71.2 Å². The predicted molar refractivity (Wildman–Crippen MR) is 133 cm³/mol. The number of carbonyl (C=O) groups is 7. The molecule has 2 aromatic rings. The summed E-state index contributed by atoms with van der Waals surface area (Å²) >= 11 is 0. The van der Waals surface area contributed by atoms with E-state index < -0.39 is 23.3 Å². The van der Waals surface area contributed by atoms with E-state index in [1.54, 1.807) is 30.3 Å². The van der Waals surface area contributed by atoms with Gasteiger partial charge in [-0.25, -0.2) is 0 Å². The molecule has 0 aliphatic heterocycles. The highest BCUT2D eigenvalue weighted by atomic mass is 16.2. The van der Waals surface area contributed by atoms with Crippen LogP contribution in [-0.2, 0) is 24.0 Å². The number of benzene rings is 2. The lowest BCUT2D eigenvalue weighted by Crippen LogP contribution is -2.26. The minimum absolute atomic E-state index is 0.0136. The summed E-state index contributed by atoms with van der Waals surface area (Å²) in [5, 5.41) is 0. The van der Waals surface area contributed by atoms with E-state index in [1.807, 2.05) is 0 Å². The van der Waals surface area contributed by atoms with E-state index in [4.69, 9.17) is 0 Å². The first-order valence-corrected chi connectivity index (χ1v) is 11.7. The Hall–Kier alpha value is -4.13. The summed E-state index contributed by atoms with van der Waals surface area (Å²) < 4.78 is 0. The highest BCUT2D eigenvalue weighted by Crippen LogP contribution is 2.19. The summed E-state index contributed by atoms with van der Waals surface area (Å²) in [4.78, 5) is 84.2. The second kappa shape index (κ2) is 14.3. The number of ketones is 6. The Morgan fingerprint density at radius 3 is 1.72 bits per heavy atom. The zero-order valence-electron chi connectivity index (χ0n) is 19.9.